The molecule has 1 aliphatic heterocycles. The van der Waals surface area contributed by atoms with Crippen molar-refractivity contribution in [2.24, 2.45) is 0 Å². The number of benzene rings is 1. The Morgan fingerprint density at radius 1 is 1.13 bits per heavy atom. The molecule has 0 spiro atoms. The molecule has 1 saturated heterocycles. The van der Waals surface area contributed by atoms with E-state index in [4.69, 9.17) is 4.74 Å². The van der Waals surface area contributed by atoms with Crippen molar-refractivity contribution in [3.63, 3.8) is 0 Å². The number of hydrogen-bond acceptors (Lipinski definition) is 6. The van der Waals surface area contributed by atoms with Crippen LogP contribution in [0.3, 0.4) is 0 Å². The van der Waals surface area contributed by atoms with Crippen LogP contribution in [-0.2, 0) is 19.1 Å². The maximum atomic E-state index is 12.2. The smallest absolute Gasteiger partial charge is 0.325 e. The van der Waals surface area contributed by atoms with E-state index < -0.39 is 29.9 Å². The Labute approximate surface area is 174 Å². The van der Waals surface area contributed by atoms with Gasteiger partial charge in [0.2, 0.25) is 5.91 Å². The first-order chi connectivity index (χ1) is 14.4. The number of amides is 3. The average molecular weight is 412 g/mol. The van der Waals surface area contributed by atoms with Gasteiger partial charge >= 0.3 is 5.97 Å². The minimum Gasteiger partial charge on any atom is -0.454 e. The van der Waals surface area contributed by atoms with Crippen LogP contribution in [0.4, 0.5) is 5.69 Å². The Hall–Kier alpha value is -3.41. The summed E-state index contributed by atoms with van der Waals surface area (Å²) in [5, 5.41) is 14.3. The largest absolute Gasteiger partial charge is 0.454 e. The molecule has 0 aromatic heterocycles. The van der Waals surface area contributed by atoms with Crippen LogP contribution in [0.2, 0.25) is 0 Å². The van der Waals surface area contributed by atoms with Crippen molar-refractivity contribution in [1.82, 2.24) is 10.6 Å². The van der Waals surface area contributed by atoms with Crippen LogP contribution in [0.15, 0.2) is 24.3 Å². The zero-order chi connectivity index (χ0) is 21.6. The normalized spacial score (nSPS) is 17.3. The maximum Gasteiger partial charge on any atom is 0.325 e. The standard InChI is InChI=1S/C21H24N4O5/c22-14-21(9-1-2-10-21)24-17(26)13-30-19(28)12-23-20(29)15-5-7-16(8-6-15)25-11-3-4-18(25)27/h5-8H,1-4,9-13H2,(H,23,29)(H,24,26). The number of carbonyl (C=O) groups is 4. The molecular weight excluding hydrogens is 388 g/mol. The summed E-state index contributed by atoms with van der Waals surface area (Å²) in [6.45, 7) is -0.224. The third-order valence-corrected chi connectivity index (χ3v) is 5.32. The first-order valence-electron chi connectivity index (χ1n) is 9.99. The summed E-state index contributed by atoms with van der Waals surface area (Å²) >= 11 is 0. The minimum atomic E-state index is -0.871. The van der Waals surface area contributed by atoms with Gasteiger partial charge in [0.25, 0.3) is 11.8 Å². The summed E-state index contributed by atoms with van der Waals surface area (Å²) in [6, 6.07) is 8.67. The predicted octanol–water partition coefficient (Wildman–Crippen LogP) is 1.04. The summed E-state index contributed by atoms with van der Waals surface area (Å²) in [7, 11) is 0. The summed E-state index contributed by atoms with van der Waals surface area (Å²) in [5.41, 5.74) is 0.203. The molecule has 1 aromatic rings. The van der Waals surface area contributed by atoms with E-state index in [0.29, 0.717) is 31.4 Å². The van der Waals surface area contributed by atoms with E-state index in [1.54, 1.807) is 29.2 Å². The third kappa shape index (κ3) is 5.14. The van der Waals surface area contributed by atoms with Gasteiger partial charge in [-0.2, -0.15) is 5.26 Å². The van der Waals surface area contributed by atoms with Gasteiger partial charge in [0.15, 0.2) is 6.61 Å². The molecule has 2 fully saturated rings. The summed E-state index contributed by atoms with van der Waals surface area (Å²) in [5.74, 6) is -1.70. The molecule has 3 rings (SSSR count). The van der Waals surface area contributed by atoms with Gasteiger partial charge in [-0.3, -0.25) is 19.2 Å². The lowest BCUT2D eigenvalue weighted by atomic mass is 10.00. The van der Waals surface area contributed by atoms with Gasteiger partial charge in [0.05, 0.1) is 6.07 Å². The fourth-order valence-corrected chi connectivity index (χ4v) is 3.71. The minimum absolute atomic E-state index is 0.0626. The van der Waals surface area contributed by atoms with Crippen LogP contribution in [0, 0.1) is 11.3 Å². The van der Waals surface area contributed by atoms with Crippen molar-refractivity contribution in [2.75, 3.05) is 24.6 Å². The first kappa shape index (κ1) is 21.3. The monoisotopic (exact) mass is 412 g/mol. The van der Waals surface area contributed by atoms with Crippen LogP contribution in [-0.4, -0.2) is 48.9 Å². The van der Waals surface area contributed by atoms with E-state index in [2.05, 4.69) is 16.7 Å². The second-order valence-electron chi connectivity index (χ2n) is 7.49. The lowest BCUT2D eigenvalue weighted by Crippen LogP contribution is -2.47. The molecule has 1 saturated carbocycles. The Morgan fingerprint density at radius 3 is 2.43 bits per heavy atom. The van der Waals surface area contributed by atoms with Gasteiger partial charge in [-0.1, -0.05) is 0 Å². The van der Waals surface area contributed by atoms with Crippen molar-refractivity contribution < 1.29 is 23.9 Å². The van der Waals surface area contributed by atoms with E-state index in [1.165, 1.54) is 0 Å². The molecule has 3 amide bonds. The molecule has 0 atom stereocenters. The Morgan fingerprint density at radius 2 is 1.83 bits per heavy atom. The zero-order valence-electron chi connectivity index (χ0n) is 16.6. The number of rotatable bonds is 7. The van der Waals surface area contributed by atoms with Gasteiger partial charge in [-0.25, -0.2) is 0 Å². The number of carbonyl (C=O) groups excluding carboxylic acids is 4. The number of nitrogens with one attached hydrogen (secondary N) is 2. The number of hydrogen-bond donors (Lipinski definition) is 2. The molecule has 1 aliphatic carbocycles. The number of ether oxygens (including phenoxy) is 1. The predicted molar refractivity (Wildman–Crippen MR) is 106 cm³/mol. The Bertz CT molecular complexity index is 868. The molecule has 9 heteroatoms. The highest BCUT2D eigenvalue weighted by Crippen LogP contribution is 2.28. The zero-order valence-corrected chi connectivity index (χ0v) is 16.6. The molecule has 2 N–H and O–H groups in total. The molecule has 0 bridgehead atoms. The topological polar surface area (TPSA) is 129 Å². The van der Waals surface area contributed by atoms with Crippen LogP contribution >= 0.6 is 0 Å². The molecule has 9 nitrogen and oxygen atoms in total. The maximum absolute atomic E-state index is 12.2. The fraction of sp³-hybridized carbons (Fsp3) is 0.476. The third-order valence-electron chi connectivity index (χ3n) is 5.32. The van der Waals surface area contributed by atoms with Gasteiger partial charge in [-0.05, 0) is 56.4 Å². The van der Waals surface area contributed by atoms with Crippen molar-refractivity contribution in [1.29, 1.82) is 5.26 Å². The Kier molecular flexibility index (Phi) is 6.67. The second-order valence-corrected chi connectivity index (χ2v) is 7.49. The van der Waals surface area contributed by atoms with Crippen LogP contribution in [0.25, 0.3) is 0 Å². The SMILES string of the molecule is N#CC1(NC(=O)COC(=O)CNC(=O)c2ccc(N3CCCC3=O)cc2)CCCC1. The van der Waals surface area contributed by atoms with E-state index in [9.17, 15) is 24.4 Å². The van der Waals surface area contributed by atoms with Crippen LogP contribution < -0.4 is 15.5 Å². The highest BCUT2D eigenvalue weighted by molar-refractivity contribution is 5.98. The number of esters is 1. The number of nitrogens with zero attached hydrogens (tertiary/aromatic N) is 2. The molecular formula is C21H24N4O5. The van der Waals surface area contributed by atoms with Crippen molar-refractivity contribution in [3.05, 3.63) is 29.8 Å². The molecule has 1 heterocycles. The van der Waals surface area contributed by atoms with Crippen LogP contribution in [0.1, 0.15) is 48.9 Å². The summed E-state index contributed by atoms with van der Waals surface area (Å²) in [6.07, 6.45) is 4.26. The van der Waals surface area contributed by atoms with Gasteiger partial charge in [-0.15, -0.1) is 0 Å². The molecule has 0 unspecified atom stereocenters. The number of anilines is 1. The van der Waals surface area contributed by atoms with E-state index in [0.717, 1.165) is 24.9 Å². The van der Waals surface area contributed by atoms with Crippen molar-refractivity contribution in [3.8, 4) is 6.07 Å². The molecule has 158 valence electrons. The second kappa shape index (κ2) is 9.39. The van der Waals surface area contributed by atoms with E-state index >= 15 is 0 Å². The van der Waals surface area contributed by atoms with Gasteiger partial charge in [0.1, 0.15) is 12.1 Å². The summed E-state index contributed by atoms with van der Waals surface area (Å²) in [4.78, 5) is 49.4. The molecule has 30 heavy (non-hydrogen) atoms. The summed E-state index contributed by atoms with van der Waals surface area (Å²) < 4.78 is 4.87. The van der Waals surface area contributed by atoms with Crippen molar-refractivity contribution >= 4 is 29.4 Å². The van der Waals surface area contributed by atoms with Crippen molar-refractivity contribution in [2.45, 2.75) is 44.1 Å². The quantitative estimate of drug-likeness (QED) is 0.644. The van der Waals surface area contributed by atoms with E-state index in [-0.39, 0.29) is 12.5 Å². The van der Waals surface area contributed by atoms with Crippen LogP contribution in [0.5, 0.6) is 0 Å². The fourth-order valence-electron chi connectivity index (χ4n) is 3.71. The van der Waals surface area contributed by atoms with Gasteiger partial charge < -0.3 is 20.3 Å². The Balaban J connectivity index is 1.41. The first-order valence-corrected chi connectivity index (χ1v) is 9.99. The molecule has 0 radical (unpaired) electrons. The highest BCUT2D eigenvalue weighted by Gasteiger charge is 2.35. The van der Waals surface area contributed by atoms with E-state index in [1.807, 2.05) is 0 Å². The number of nitriles is 1. The van der Waals surface area contributed by atoms with Gasteiger partial charge in [0, 0.05) is 24.2 Å². The molecule has 2 aliphatic rings. The highest BCUT2D eigenvalue weighted by atomic mass is 16.5. The lowest BCUT2D eigenvalue weighted by molar-refractivity contribution is -0.147. The molecule has 1 aromatic carbocycles. The average Bonchev–Trinajstić information content (AvgIpc) is 3.40. The lowest BCUT2D eigenvalue weighted by Gasteiger charge is -2.21.